The van der Waals surface area contributed by atoms with Gasteiger partial charge in [0.25, 0.3) is 0 Å². The quantitative estimate of drug-likeness (QED) is 0.535. The van der Waals surface area contributed by atoms with Gasteiger partial charge in [0.2, 0.25) is 10.0 Å². The molecule has 0 fully saturated rings. The molecular formula is C12H21N3O4S. The minimum Gasteiger partial charge on any atom is -0.397 e. The van der Waals surface area contributed by atoms with Gasteiger partial charge in [0, 0.05) is 14.1 Å². The number of rotatable bonds is 6. The summed E-state index contributed by atoms with van der Waals surface area (Å²) in [6, 6.07) is 4.26. The van der Waals surface area contributed by atoms with E-state index in [0.29, 0.717) is 11.4 Å². The molecule has 0 spiro atoms. The Bertz CT molecular complexity index is 568. The lowest BCUT2D eigenvalue weighted by molar-refractivity contribution is 0.147. The van der Waals surface area contributed by atoms with Crippen LogP contribution in [0.2, 0.25) is 0 Å². The molecule has 0 aliphatic rings. The number of benzene rings is 1. The van der Waals surface area contributed by atoms with E-state index in [-0.39, 0.29) is 18.1 Å². The zero-order valence-electron chi connectivity index (χ0n) is 11.8. The molecule has 0 radical (unpaired) electrons. The lowest BCUT2D eigenvalue weighted by atomic mass is 10.0. The second-order valence-corrected chi connectivity index (χ2v) is 7.19. The van der Waals surface area contributed by atoms with Crippen LogP contribution in [0.1, 0.15) is 6.92 Å². The molecule has 1 rings (SSSR count). The average molecular weight is 303 g/mol. The molecule has 0 saturated heterocycles. The molecule has 0 aliphatic carbocycles. The van der Waals surface area contributed by atoms with Crippen molar-refractivity contribution in [1.29, 1.82) is 0 Å². The maximum atomic E-state index is 12.1. The van der Waals surface area contributed by atoms with Gasteiger partial charge in [-0.2, -0.15) is 0 Å². The second-order valence-electron chi connectivity index (χ2n) is 5.04. The first-order chi connectivity index (χ1) is 9.16. The Morgan fingerprint density at radius 1 is 1.30 bits per heavy atom. The third-order valence-corrected chi connectivity index (χ3v) is 4.75. The van der Waals surface area contributed by atoms with Gasteiger partial charge < -0.3 is 21.3 Å². The van der Waals surface area contributed by atoms with Crippen molar-refractivity contribution in [1.82, 2.24) is 4.31 Å². The number of nitrogen functional groups attached to an aromatic ring is 1. The van der Waals surface area contributed by atoms with Gasteiger partial charge in [-0.1, -0.05) is 0 Å². The number of sulfonamides is 1. The number of hydrogen-bond donors (Lipinski definition) is 4. The first kappa shape index (κ1) is 16.7. The predicted octanol–water partition coefficient (Wildman–Crippen LogP) is -0.326. The Labute approximate surface area is 119 Å². The average Bonchev–Trinajstić information content (AvgIpc) is 2.40. The maximum absolute atomic E-state index is 12.1. The molecule has 0 saturated carbocycles. The maximum Gasteiger partial charge on any atom is 0.242 e. The minimum atomic E-state index is -3.57. The third kappa shape index (κ3) is 3.40. The molecular weight excluding hydrogens is 282 g/mol. The van der Waals surface area contributed by atoms with Crippen molar-refractivity contribution < 1.29 is 18.6 Å². The van der Waals surface area contributed by atoms with Crippen LogP contribution in [-0.4, -0.2) is 55.8 Å². The number of anilines is 2. The first-order valence-corrected chi connectivity index (χ1v) is 7.42. The fraction of sp³-hybridized carbons (Fsp3) is 0.500. The van der Waals surface area contributed by atoms with Crippen LogP contribution in [0.4, 0.5) is 11.4 Å². The van der Waals surface area contributed by atoms with Gasteiger partial charge in [-0.15, -0.1) is 0 Å². The summed E-state index contributed by atoms with van der Waals surface area (Å²) >= 11 is 0. The monoisotopic (exact) mass is 303 g/mol. The molecule has 0 atom stereocenters. The lowest BCUT2D eigenvalue weighted by Crippen LogP contribution is -2.42. The fourth-order valence-corrected chi connectivity index (χ4v) is 2.40. The summed E-state index contributed by atoms with van der Waals surface area (Å²) in [6.45, 7) is 0.945. The van der Waals surface area contributed by atoms with E-state index in [9.17, 15) is 18.6 Å². The van der Waals surface area contributed by atoms with Crippen LogP contribution < -0.4 is 11.1 Å². The summed E-state index contributed by atoms with van der Waals surface area (Å²) in [5.74, 6) is 0. The highest BCUT2D eigenvalue weighted by Gasteiger charge is 2.24. The van der Waals surface area contributed by atoms with Crippen LogP contribution in [0.5, 0.6) is 0 Å². The van der Waals surface area contributed by atoms with E-state index >= 15 is 0 Å². The van der Waals surface area contributed by atoms with Gasteiger partial charge in [0.15, 0.2) is 0 Å². The molecule has 0 aliphatic heterocycles. The summed E-state index contributed by atoms with van der Waals surface area (Å²) in [5, 5.41) is 21.4. The van der Waals surface area contributed by atoms with Crippen molar-refractivity contribution in [3.05, 3.63) is 18.2 Å². The lowest BCUT2D eigenvalue weighted by Gasteiger charge is -2.28. The highest BCUT2D eigenvalue weighted by Crippen LogP contribution is 2.26. The second kappa shape index (κ2) is 5.96. The Morgan fingerprint density at radius 3 is 2.30 bits per heavy atom. The van der Waals surface area contributed by atoms with E-state index < -0.39 is 15.6 Å². The summed E-state index contributed by atoms with van der Waals surface area (Å²) < 4.78 is 25.2. The predicted molar refractivity (Wildman–Crippen MR) is 77.9 cm³/mol. The van der Waals surface area contributed by atoms with Gasteiger partial charge in [-0.05, 0) is 25.1 Å². The van der Waals surface area contributed by atoms with Crippen molar-refractivity contribution >= 4 is 21.4 Å². The number of aliphatic hydroxyl groups excluding tert-OH is 2. The molecule has 1 aromatic rings. The van der Waals surface area contributed by atoms with E-state index in [1.54, 1.807) is 6.92 Å². The molecule has 0 amide bonds. The van der Waals surface area contributed by atoms with E-state index in [0.717, 1.165) is 4.31 Å². The van der Waals surface area contributed by atoms with Crippen LogP contribution in [-0.2, 0) is 10.0 Å². The van der Waals surface area contributed by atoms with Crippen molar-refractivity contribution in [2.24, 2.45) is 0 Å². The number of nitrogens with one attached hydrogen (secondary N) is 1. The van der Waals surface area contributed by atoms with Crippen LogP contribution in [0.3, 0.4) is 0 Å². The molecule has 7 nitrogen and oxygen atoms in total. The number of aliphatic hydroxyl groups is 2. The molecule has 5 N–H and O–H groups in total. The van der Waals surface area contributed by atoms with Gasteiger partial charge in [-0.3, -0.25) is 0 Å². The zero-order valence-corrected chi connectivity index (χ0v) is 12.6. The van der Waals surface area contributed by atoms with Gasteiger partial charge in [-0.25, -0.2) is 12.7 Å². The summed E-state index contributed by atoms with van der Waals surface area (Å²) in [5.41, 5.74) is 5.48. The minimum absolute atomic E-state index is 0.0810. The van der Waals surface area contributed by atoms with Crippen LogP contribution in [0, 0.1) is 0 Å². The number of nitrogens with two attached hydrogens (primary N) is 1. The van der Waals surface area contributed by atoms with Crippen molar-refractivity contribution in [2.45, 2.75) is 17.4 Å². The van der Waals surface area contributed by atoms with Crippen LogP contribution in [0.15, 0.2) is 23.1 Å². The zero-order chi connectivity index (χ0) is 15.6. The molecule has 0 heterocycles. The van der Waals surface area contributed by atoms with Gasteiger partial charge in [0.05, 0.1) is 35.0 Å². The SMILES string of the molecule is CN(C)S(=O)(=O)c1ccc(N)c(NC(C)(CO)CO)c1. The third-order valence-electron chi connectivity index (χ3n) is 2.94. The summed E-state index contributed by atoms with van der Waals surface area (Å²) in [6.07, 6.45) is 0. The van der Waals surface area contributed by atoms with Crippen LogP contribution in [0.25, 0.3) is 0 Å². The van der Waals surface area contributed by atoms with Crippen molar-refractivity contribution in [3.63, 3.8) is 0 Å². The fourth-order valence-electron chi connectivity index (χ4n) is 1.47. The number of hydrogen-bond acceptors (Lipinski definition) is 6. The Balaban J connectivity index is 3.23. The highest BCUT2D eigenvalue weighted by molar-refractivity contribution is 7.89. The molecule has 0 bridgehead atoms. The summed E-state index contributed by atoms with van der Waals surface area (Å²) in [4.78, 5) is 0.0810. The molecule has 1 aromatic carbocycles. The Kier molecular flexibility index (Phi) is 4.98. The van der Waals surface area contributed by atoms with Crippen LogP contribution >= 0.6 is 0 Å². The largest absolute Gasteiger partial charge is 0.397 e. The topological polar surface area (TPSA) is 116 Å². The first-order valence-electron chi connectivity index (χ1n) is 5.98. The molecule has 0 unspecified atom stereocenters. The smallest absolute Gasteiger partial charge is 0.242 e. The summed E-state index contributed by atoms with van der Waals surface area (Å²) in [7, 11) is -0.703. The van der Waals surface area contributed by atoms with Crippen molar-refractivity contribution in [3.8, 4) is 0 Å². The molecule has 114 valence electrons. The molecule has 20 heavy (non-hydrogen) atoms. The highest BCUT2D eigenvalue weighted by atomic mass is 32.2. The van der Waals surface area contributed by atoms with Gasteiger partial charge >= 0.3 is 0 Å². The van der Waals surface area contributed by atoms with E-state index in [4.69, 9.17) is 5.73 Å². The molecule has 0 aromatic heterocycles. The van der Waals surface area contributed by atoms with Gasteiger partial charge in [0.1, 0.15) is 0 Å². The normalized spacial score (nSPS) is 12.7. The Morgan fingerprint density at radius 2 is 1.85 bits per heavy atom. The van der Waals surface area contributed by atoms with E-state index in [1.165, 1.54) is 32.3 Å². The molecule has 8 heteroatoms. The van der Waals surface area contributed by atoms with E-state index in [2.05, 4.69) is 5.32 Å². The van der Waals surface area contributed by atoms with Crippen molar-refractivity contribution in [2.75, 3.05) is 38.4 Å². The Hall–Kier alpha value is -1.35. The standard InChI is InChI=1S/C12H21N3O4S/c1-12(7-16,8-17)14-11-6-9(4-5-10(11)13)20(18,19)15(2)3/h4-6,14,16-17H,7-8,13H2,1-3H3. The van der Waals surface area contributed by atoms with E-state index in [1.807, 2.05) is 0 Å². The number of nitrogens with zero attached hydrogens (tertiary/aromatic N) is 1.